The van der Waals surface area contributed by atoms with Crippen molar-refractivity contribution in [3.05, 3.63) is 23.8 Å². The summed E-state index contributed by atoms with van der Waals surface area (Å²) in [4.78, 5) is 3.51. The number of thioether (sulfide) groups is 1. The van der Waals surface area contributed by atoms with E-state index in [9.17, 15) is 5.26 Å². The molecule has 4 heteroatoms. The lowest BCUT2D eigenvalue weighted by Gasteiger charge is -2.37. The van der Waals surface area contributed by atoms with Crippen LogP contribution in [-0.2, 0) is 0 Å². The maximum Gasteiger partial charge on any atom is 0.103 e. The van der Waals surface area contributed by atoms with E-state index in [0.29, 0.717) is 6.04 Å². The maximum atomic E-state index is 9.54. The zero-order valence-corrected chi connectivity index (χ0v) is 13.2. The molecule has 1 aliphatic rings. The fourth-order valence-electron chi connectivity index (χ4n) is 2.88. The largest absolute Gasteiger partial charge is 0.366 e. The molecule has 0 aromatic heterocycles. The summed E-state index contributed by atoms with van der Waals surface area (Å²) in [5.41, 5.74) is 1.94. The molecule has 2 rings (SSSR count). The number of nitriles is 1. The standard InChI is InChI=1S/C16H23N3S/c1-3-10-19(13-6-5-9-18-12-13)15-7-4-8-16(20-2)14(15)11-17/h4,7-8,13,18H,3,5-6,9-10,12H2,1-2H3. The molecule has 0 spiro atoms. The van der Waals surface area contributed by atoms with Gasteiger partial charge in [0.2, 0.25) is 0 Å². The van der Waals surface area contributed by atoms with Crippen LogP contribution in [0, 0.1) is 11.3 Å². The van der Waals surface area contributed by atoms with Gasteiger partial charge in [-0.05, 0) is 44.2 Å². The minimum absolute atomic E-state index is 0.507. The van der Waals surface area contributed by atoms with E-state index in [2.05, 4.69) is 35.3 Å². The molecule has 1 aliphatic heterocycles. The molecule has 0 bridgehead atoms. The van der Waals surface area contributed by atoms with Crippen LogP contribution >= 0.6 is 11.8 Å². The van der Waals surface area contributed by atoms with Gasteiger partial charge < -0.3 is 10.2 Å². The van der Waals surface area contributed by atoms with E-state index >= 15 is 0 Å². The van der Waals surface area contributed by atoms with Crippen LogP contribution in [-0.4, -0.2) is 31.9 Å². The summed E-state index contributed by atoms with van der Waals surface area (Å²) in [6.45, 7) is 5.35. The number of nitrogens with one attached hydrogen (secondary N) is 1. The predicted molar refractivity (Wildman–Crippen MR) is 86.5 cm³/mol. The van der Waals surface area contributed by atoms with Crippen molar-refractivity contribution in [1.82, 2.24) is 5.32 Å². The van der Waals surface area contributed by atoms with E-state index in [1.807, 2.05) is 12.3 Å². The number of rotatable bonds is 5. The first-order valence-corrected chi connectivity index (χ1v) is 8.58. The minimum Gasteiger partial charge on any atom is -0.366 e. The number of piperidine rings is 1. The zero-order chi connectivity index (χ0) is 14.4. The Morgan fingerprint density at radius 1 is 1.50 bits per heavy atom. The Labute approximate surface area is 126 Å². The molecular formula is C16H23N3S. The van der Waals surface area contributed by atoms with Crippen molar-refractivity contribution in [2.24, 2.45) is 0 Å². The fraction of sp³-hybridized carbons (Fsp3) is 0.562. The molecule has 1 unspecified atom stereocenters. The number of hydrogen-bond donors (Lipinski definition) is 1. The first-order chi connectivity index (χ1) is 9.81. The maximum absolute atomic E-state index is 9.54. The van der Waals surface area contributed by atoms with E-state index in [1.165, 1.54) is 12.8 Å². The Kier molecular flexibility index (Phi) is 5.75. The molecule has 1 aromatic carbocycles. The first kappa shape index (κ1) is 15.2. The van der Waals surface area contributed by atoms with Crippen molar-refractivity contribution in [2.75, 3.05) is 30.8 Å². The zero-order valence-electron chi connectivity index (χ0n) is 12.4. The van der Waals surface area contributed by atoms with Gasteiger partial charge in [-0.25, -0.2) is 0 Å². The van der Waals surface area contributed by atoms with Gasteiger partial charge in [-0.15, -0.1) is 11.8 Å². The summed E-state index contributed by atoms with van der Waals surface area (Å²) >= 11 is 1.65. The second-order valence-corrected chi connectivity index (χ2v) is 6.01. The lowest BCUT2D eigenvalue weighted by molar-refractivity contribution is 0.430. The minimum atomic E-state index is 0.507. The number of anilines is 1. The third-order valence-corrected chi connectivity index (χ3v) is 4.60. The van der Waals surface area contributed by atoms with Crippen molar-refractivity contribution in [2.45, 2.75) is 37.1 Å². The lowest BCUT2D eigenvalue weighted by Crippen LogP contribution is -2.46. The molecule has 108 valence electrons. The predicted octanol–water partition coefficient (Wildman–Crippen LogP) is 3.25. The Bertz CT molecular complexity index is 475. The quantitative estimate of drug-likeness (QED) is 0.845. The highest BCUT2D eigenvalue weighted by molar-refractivity contribution is 7.98. The fourth-order valence-corrected chi connectivity index (χ4v) is 3.45. The monoisotopic (exact) mass is 289 g/mol. The highest BCUT2D eigenvalue weighted by Crippen LogP contribution is 2.31. The summed E-state index contributed by atoms with van der Waals surface area (Å²) in [6.07, 6.45) is 5.56. The van der Waals surface area contributed by atoms with Crippen LogP contribution in [0.4, 0.5) is 5.69 Å². The Morgan fingerprint density at radius 3 is 2.95 bits per heavy atom. The molecule has 1 atom stereocenters. The van der Waals surface area contributed by atoms with Crippen LogP contribution in [0.3, 0.4) is 0 Å². The third kappa shape index (κ3) is 3.28. The van der Waals surface area contributed by atoms with Crippen molar-refractivity contribution >= 4 is 17.4 Å². The molecule has 1 N–H and O–H groups in total. The van der Waals surface area contributed by atoms with Gasteiger partial charge in [0, 0.05) is 24.0 Å². The molecule has 3 nitrogen and oxygen atoms in total. The van der Waals surface area contributed by atoms with Crippen LogP contribution in [0.1, 0.15) is 31.7 Å². The Hall–Kier alpha value is -1.18. The smallest absolute Gasteiger partial charge is 0.103 e. The van der Waals surface area contributed by atoms with Gasteiger partial charge in [0.15, 0.2) is 0 Å². The SMILES string of the molecule is CCCN(c1cccc(SC)c1C#N)C1CCCNC1. The van der Waals surface area contributed by atoms with Gasteiger partial charge in [0.25, 0.3) is 0 Å². The molecule has 1 saturated heterocycles. The molecule has 1 fully saturated rings. The van der Waals surface area contributed by atoms with E-state index in [1.54, 1.807) is 11.8 Å². The topological polar surface area (TPSA) is 39.1 Å². The van der Waals surface area contributed by atoms with Gasteiger partial charge in [0.05, 0.1) is 11.3 Å². The second kappa shape index (κ2) is 7.56. The molecular weight excluding hydrogens is 266 g/mol. The van der Waals surface area contributed by atoms with Crippen molar-refractivity contribution in [3.63, 3.8) is 0 Å². The van der Waals surface area contributed by atoms with Crippen LogP contribution in [0.5, 0.6) is 0 Å². The van der Waals surface area contributed by atoms with E-state index in [0.717, 1.165) is 42.2 Å². The average molecular weight is 289 g/mol. The van der Waals surface area contributed by atoms with Crippen LogP contribution in [0.2, 0.25) is 0 Å². The summed E-state index contributed by atoms with van der Waals surface area (Å²) in [5, 5.41) is 13.0. The van der Waals surface area contributed by atoms with E-state index < -0.39 is 0 Å². The van der Waals surface area contributed by atoms with Gasteiger partial charge in [-0.3, -0.25) is 0 Å². The average Bonchev–Trinajstić information content (AvgIpc) is 2.52. The summed E-state index contributed by atoms with van der Waals surface area (Å²) in [6, 6.07) is 9.13. The highest BCUT2D eigenvalue weighted by Gasteiger charge is 2.23. The molecule has 0 amide bonds. The van der Waals surface area contributed by atoms with E-state index in [4.69, 9.17) is 0 Å². The molecule has 20 heavy (non-hydrogen) atoms. The summed E-state index contributed by atoms with van der Waals surface area (Å²) in [7, 11) is 0. The van der Waals surface area contributed by atoms with Crippen molar-refractivity contribution in [1.29, 1.82) is 5.26 Å². The van der Waals surface area contributed by atoms with Gasteiger partial charge in [-0.2, -0.15) is 5.26 Å². The summed E-state index contributed by atoms with van der Waals surface area (Å²) < 4.78 is 0. The van der Waals surface area contributed by atoms with Crippen LogP contribution in [0.25, 0.3) is 0 Å². The number of hydrogen-bond acceptors (Lipinski definition) is 4. The first-order valence-electron chi connectivity index (χ1n) is 7.36. The molecule has 0 radical (unpaired) electrons. The normalized spacial score (nSPS) is 18.6. The Balaban J connectivity index is 2.35. The third-order valence-electron chi connectivity index (χ3n) is 3.82. The molecule has 0 saturated carbocycles. The van der Waals surface area contributed by atoms with Crippen LogP contribution < -0.4 is 10.2 Å². The Morgan fingerprint density at radius 2 is 2.35 bits per heavy atom. The summed E-state index contributed by atoms with van der Waals surface area (Å²) in [5.74, 6) is 0. The number of nitrogens with zero attached hydrogens (tertiary/aromatic N) is 2. The molecule has 1 heterocycles. The van der Waals surface area contributed by atoms with Gasteiger partial charge in [0.1, 0.15) is 6.07 Å². The van der Waals surface area contributed by atoms with Crippen molar-refractivity contribution < 1.29 is 0 Å². The van der Waals surface area contributed by atoms with Gasteiger partial charge >= 0.3 is 0 Å². The molecule has 0 aliphatic carbocycles. The van der Waals surface area contributed by atoms with E-state index in [-0.39, 0.29) is 0 Å². The highest BCUT2D eigenvalue weighted by atomic mass is 32.2. The number of benzene rings is 1. The molecule has 1 aromatic rings. The second-order valence-electron chi connectivity index (χ2n) is 5.16. The van der Waals surface area contributed by atoms with Crippen LogP contribution in [0.15, 0.2) is 23.1 Å². The van der Waals surface area contributed by atoms with Crippen molar-refractivity contribution in [3.8, 4) is 6.07 Å². The van der Waals surface area contributed by atoms with Gasteiger partial charge in [-0.1, -0.05) is 13.0 Å². The lowest BCUT2D eigenvalue weighted by atomic mass is 10.0.